The average molecular weight is 247 g/mol. The van der Waals surface area contributed by atoms with Crippen molar-refractivity contribution in [2.45, 2.75) is 19.0 Å². The molecule has 0 spiro atoms. The van der Waals surface area contributed by atoms with Crippen LogP contribution in [0.3, 0.4) is 0 Å². The van der Waals surface area contributed by atoms with Crippen LogP contribution in [0.1, 0.15) is 23.4 Å². The molecule has 0 N–H and O–H groups in total. The molecule has 1 aliphatic rings. The molecule has 94 valence electrons. The normalized spacial score (nSPS) is 18.4. The van der Waals surface area contributed by atoms with Gasteiger partial charge in [0.05, 0.1) is 5.92 Å². The third-order valence-corrected chi connectivity index (χ3v) is 3.00. The lowest BCUT2D eigenvalue weighted by atomic mass is 9.96. The van der Waals surface area contributed by atoms with Crippen LogP contribution in [0.15, 0.2) is 16.5 Å². The van der Waals surface area contributed by atoms with E-state index in [1.54, 1.807) is 11.0 Å². The molecule has 1 aliphatic heterocycles. The minimum absolute atomic E-state index is 0.0701. The average Bonchev–Trinajstić information content (AvgIpc) is 2.76. The minimum Gasteiger partial charge on any atom is -0.438 e. The number of hydrogen-bond donors (Lipinski definition) is 0. The van der Waals surface area contributed by atoms with E-state index in [9.17, 15) is 18.0 Å². The smallest absolute Gasteiger partial charge is 0.391 e. The predicted octanol–water partition coefficient (Wildman–Crippen LogP) is 2.87. The van der Waals surface area contributed by atoms with Gasteiger partial charge in [0.1, 0.15) is 0 Å². The second-order valence-corrected chi connectivity index (χ2v) is 4.10. The number of alkyl halides is 3. The van der Waals surface area contributed by atoms with Crippen LogP contribution < -0.4 is 4.90 Å². The lowest BCUT2D eigenvalue weighted by Crippen LogP contribution is -2.38. The van der Waals surface area contributed by atoms with E-state index < -0.39 is 12.1 Å². The standard InChI is InChI=1S/C11H12F3NO2/c12-11(13,14)8-3-5-15(6-4-8)10-2-1-9(7-16)17-10/h1-2,7-8H,3-6H2. The van der Waals surface area contributed by atoms with Gasteiger partial charge in [-0.15, -0.1) is 0 Å². The topological polar surface area (TPSA) is 33.5 Å². The third-order valence-electron chi connectivity index (χ3n) is 3.00. The van der Waals surface area contributed by atoms with Crippen molar-refractivity contribution < 1.29 is 22.4 Å². The van der Waals surface area contributed by atoms with Crippen LogP contribution in [-0.4, -0.2) is 25.6 Å². The maximum absolute atomic E-state index is 12.4. The fourth-order valence-electron chi connectivity index (χ4n) is 2.00. The highest BCUT2D eigenvalue weighted by Gasteiger charge is 2.41. The fourth-order valence-corrected chi connectivity index (χ4v) is 2.00. The largest absolute Gasteiger partial charge is 0.438 e. The molecule has 0 amide bonds. The highest BCUT2D eigenvalue weighted by Crippen LogP contribution is 2.35. The number of hydrogen-bond acceptors (Lipinski definition) is 3. The second kappa shape index (κ2) is 4.43. The molecular weight excluding hydrogens is 235 g/mol. The summed E-state index contributed by atoms with van der Waals surface area (Å²) in [6.07, 6.45) is -3.39. The van der Waals surface area contributed by atoms with E-state index in [1.807, 2.05) is 0 Å². The summed E-state index contributed by atoms with van der Waals surface area (Å²) in [5.74, 6) is -0.565. The Morgan fingerprint density at radius 3 is 2.41 bits per heavy atom. The first-order chi connectivity index (χ1) is 8.00. The summed E-state index contributed by atoms with van der Waals surface area (Å²) in [5, 5.41) is 0. The lowest BCUT2D eigenvalue weighted by molar-refractivity contribution is -0.179. The van der Waals surface area contributed by atoms with Gasteiger partial charge in [0.2, 0.25) is 0 Å². The summed E-state index contributed by atoms with van der Waals surface area (Å²) < 4.78 is 42.5. The molecule has 0 bridgehead atoms. The van der Waals surface area contributed by atoms with Crippen LogP contribution >= 0.6 is 0 Å². The van der Waals surface area contributed by atoms with Gasteiger partial charge in [0, 0.05) is 19.2 Å². The van der Waals surface area contributed by atoms with Crippen LogP contribution in [-0.2, 0) is 0 Å². The monoisotopic (exact) mass is 247 g/mol. The second-order valence-electron chi connectivity index (χ2n) is 4.10. The molecule has 1 saturated heterocycles. The molecule has 0 atom stereocenters. The molecule has 0 radical (unpaired) electrons. The van der Waals surface area contributed by atoms with Crippen LogP contribution in [0.5, 0.6) is 0 Å². The van der Waals surface area contributed by atoms with Gasteiger partial charge >= 0.3 is 6.18 Å². The molecule has 0 unspecified atom stereocenters. The van der Waals surface area contributed by atoms with Crippen LogP contribution in [0, 0.1) is 5.92 Å². The molecule has 1 fully saturated rings. The van der Waals surface area contributed by atoms with Crippen LogP contribution in [0.4, 0.5) is 19.1 Å². The van der Waals surface area contributed by atoms with Crippen LogP contribution in [0.25, 0.3) is 0 Å². The number of carbonyl (C=O) groups is 1. The number of furan rings is 1. The Morgan fingerprint density at radius 2 is 1.94 bits per heavy atom. The first-order valence-electron chi connectivity index (χ1n) is 5.37. The van der Waals surface area contributed by atoms with Gasteiger partial charge in [-0.3, -0.25) is 4.79 Å². The molecule has 6 heteroatoms. The predicted molar refractivity (Wildman–Crippen MR) is 55.1 cm³/mol. The van der Waals surface area contributed by atoms with Crippen molar-refractivity contribution in [1.29, 1.82) is 0 Å². The Hall–Kier alpha value is -1.46. The Kier molecular flexibility index (Phi) is 3.13. The number of halogens is 3. The highest BCUT2D eigenvalue weighted by molar-refractivity contribution is 5.71. The first-order valence-corrected chi connectivity index (χ1v) is 5.37. The Labute approximate surface area is 96.2 Å². The van der Waals surface area contributed by atoms with E-state index in [-0.39, 0.29) is 18.6 Å². The van der Waals surface area contributed by atoms with Crippen molar-refractivity contribution in [2.75, 3.05) is 18.0 Å². The highest BCUT2D eigenvalue weighted by atomic mass is 19.4. The molecule has 1 aromatic heterocycles. The molecule has 0 saturated carbocycles. The summed E-state index contributed by atoms with van der Waals surface area (Å²) in [6, 6.07) is 3.12. The van der Waals surface area contributed by atoms with E-state index >= 15 is 0 Å². The SMILES string of the molecule is O=Cc1ccc(N2CCC(C(F)(F)F)CC2)o1. The molecule has 0 aliphatic carbocycles. The first kappa shape index (κ1) is 12.0. The summed E-state index contributed by atoms with van der Waals surface area (Å²) in [4.78, 5) is 12.2. The van der Waals surface area contributed by atoms with Gasteiger partial charge in [-0.05, 0) is 18.9 Å². The van der Waals surface area contributed by atoms with E-state index in [4.69, 9.17) is 4.42 Å². The van der Waals surface area contributed by atoms with Crippen molar-refractivity contribution in [1.82, 2.24) is 0 Å². The molecule has 2 rings (SSSR count). The van der Waals surface area contributed by atoms with Gasteiger partial charge < -0.3 is 9.32 Å². The van der Waals surface area contributed by atoms with Crippen molar-refractivity contribution in [3.63, 3.8) is 0 Å². The maximum Gasteiger partial charge on any atom is 0.391 e. The van der Waals surface area contributed by atoms with Gasteiger partial charge in [-0.25, -0.2) is 0 Å². The number of rotatable bonds is 2. The van der Waals surface area contributed by atoms with Crippen molar-refractivity contribution in [3.05, 3.63) is 17.9 Å². The summed E-state index contributed by atoms with van der Waals surface area (Å²) in [5.41, 5.74) is 0. The van der Waals surface area contributed by atoms with E-state index in [0.717, 1.165) is 0 Å². The number of carbonyl (C=O) groups excluding carboxylic acids is 1. The third kappa shape index (κ3) is 2.62. The Balaban J connectivity index is 1.97. The molecule has 1 aromatic rings. The maximum atomic E-state index is 12.4. The van der Waals surface area contributed by atoms with Crippen molar-refractivity contribution in [2.24, 2.45) is 5.92 Å². The van der Waals surface area contributed by atoms with Gasteiger partial charge in [-0.2, -0.15) is 13.2 Å². The van der Waals surface area contributed by atoms with Crippen molar-refractivity contribution >= 4 is 12.2 Å². The zero-order valence-corrected chi connectivity index (χ0v) is 9.04. The van der Waals surface area contributed by atoms with Gasteiger partial charge in [-0.1, -0.05) is 0 Å². The quantitative estimate of drug-likeness (QED) is 0.753. The van der Waals surface area contributed by atoms with E-state index in [2.05, 4.69) is 0 Å². The minimum atomic E-state index is -4.11. The van der Waals surface area contributed by atoms with E-state index in [0.29, 0.717) is 25.3 Å². The number of piperidine rings is 1. The Morgan fingerprint density at radius 1 is 1.29 bits per heavy atom. The van der Waals surface area contributed by atoms with Crippen LogP contribution in [0.2, 0.25) is 0 Å². The zero-order chi connectivity index (χ0) is 12.5. The lowest BCUT2D eigenvalue weighted by Gasteiger charge is -2.32. The fraction of sp³-hybridized carbons (Fsp3) is 0.545. The molecule has 0 aromatic carbocycles. The zero-order valence-electron chi connectivity index (χ0n) is 9.04. The van der Waals surface area contributed by atoms with E-state index in [1.165, 1.54) is 6.07 Å². The summed E-state index contributed by atoms with van der Waals surface area (Å²) in [6.45, 7) is 0.603. The molecular formula is C11H12F3NO2. The van der Waals surface area contributed by atoms with Gasteiger partial charge in [0.15, 0.2) is 17.9 Å². The molecule has 2 heterocycles. The molecule has 17 heavy (non-hydrogen) atoms. The van der Waals surface area contributed by atoms with Gasteiger partial charge in [0.25, 0.3) is 0 Å². The number of aldehydes is 1. The molecule has 3 nitrogen and oxygen atoms in total. The number of anilines is 1. The summed E-state index contributed by atoms with van der Waals surface area (Å²) in [7, 11) is 0. The number of nitrogens with zero attached hydrogens (tertiary/aromatic N) is 1. The Bertz CT molecular complexity index is 392. The van der Waals surface area contributed by atoms with Crippen molar-refractivity contribution in [3.8, 4) is 0 Å². The summed E-state index contributed by atoms with van der Waals surface area (Å²) >= 11 is 0.